The molecular weight excluding hydrogens is 448 g/mol. The molecule has 194 valence electrons. The number of Topliss-reactive ketones (excluding diaryl/α,β-unsaturated/α-hetero) is 1. The van der Waals surface area contributed by atoms with Gasteiger partial charge in [0, 0.05) is 0 Å². The molecule has 1 unspecified atom stereocenters. The smallest absolute Gasteiger partial charge is 0.189 e. The Morgan fingerprint density at radius 2 is 0.875 bits per heavy atom. The summed E-state index contributed by atoms with van der Waals surface area (Å²) in [6, 6.07) is 0. The number of aliphatic hydroxyl groups excluding tert-OH is 14. The zero-order chi connectivity index (χ0) is 26.0. The molecule has 0 radical (unpaired) electrons. The average Bonchev–Trinajstić information content (AvgIpc) is 2.84. The molecule has 16 nitrogen and oxygen atoms in total. The lowest BCUT2D eigenvalue weighted by atomic mass is 10.1. The lowest BCUT2D eigenvalue weighted by Crippen LogP contribution is -2.44. The van der Waals surface area contributed by atoms with Gasteiger partial charge < -0.3 is 76.3 Å². The average molecular weight is 482 g/mol. The Labute approximate surface area is 182 Å². The van der Waals surface area contributed by atoms with Crippen molar-refractivity contribution in [3.05, 3.63) is 0 Å². The van der Waals surface area contributed by atoms with Crippen LogP contribution in [0.5, 0.6) is 0 Å². The van der Waals surface area contributed by atoms with Crippen LogP contribution in [0, 0.1) is 0 Å². The standard InChI is InChI=1S/C6H12O6.C5H12O5.C5H10O5/c7-1-3(9)5(11)6(12)4(10)2-8;2*6-1-3(8)5(10)4(9)2-7/h3,5-9,11-12H,1-2H2;3-10H,1-2H2;1,3-5,7-10H,2H2/t3-,5-,6-;3-,4+,5?;3-,4-,5+/m1.0/s1. The molecule has 0 aromatic rings. The van der Waals surface area contributed by atoms with Gasteiger partial charge in [0.25, 0.3) is 0 Å². The molecule has 32 heavy (non-hydrogen) atoms. The van der Waals surface area contributed by atoms with Crippen LogP contribution in [0.25, 0.3) is 0 Å². The van der Waals surface area contributed by atoms with E-state index in [-0.39, 0.29) is 6.29 Å². The molecule has 16 heteroatoms. The Balaban J connectivity index is -0.000000397. The highest BCUT2D eigenvalue weighted by Gasteiger charge is 2.29. The van der Waals surface area contributed by atoms with Gasteiger partial charge in [0.05, 0.1) is 26.4 Å². The summed E-state index contributed by atoms with van der Waals surface area (Å²) in [5, 5.41) is 120. The van der Waals surface area contributed by atoms with Crippen LogP contribution in [0.3, 0.4) is 0 Å². The van der Waals surface area contributed by atoms with Gasteiger partial charge in [-0.2, -0.15) is 0 Å². The quantitative estimate of drug-likeness (QED) is 0.108. The molecule has 9 atom stereocenters. The van der Waals surface area contributed by atoms with E-state index in [1.165, 1.54) is 0 Å². The Kier molecular flexibility index (Phi) is 22.5. The van der Waals surface area contributed by atoms with Crippen molar-refractivity contribution in [2.75, 3.05) is 33.0 Å². The number of ketones is 1. The van der Waals surface area contributed by atoms with Gasteiger partial charge in [-0.05, 0) is 0 Å². The normalized spacial score (nSPS) is 19.3. The second-order valence-corrected chi connectivity index (χ2v) is 6.17. The molecular formula is C16H34O16. The van der Waals surface area contributed by atoms with Crippen molar-refractivity contribution < 1.29 is 81.1 Å². The minimum atomic E-state index is -1.86. The molecule has 0 bridgehead atoms. The Morgan fingerprint density at radius 3 is 1.16 bits per heavy atom. The lowest BCUT2D eigenvalue weighted by molar-refractivity contribution is -0.142. The predicted octanol–water partition coefficient (Wildman–Crippen LogP) is -9.06. The molecule has 0 heterocycles. The first-order chi connectivity index (χ1) is 14.8. The third-order valence-electron chi connectivity index (χ3n) is 3.62. The topological polar surface area (TPSA) is 317 Å². The fraction of sp³-hybridized carbons (Fsp3) is 0.875. The lowest BCUT2D eigenvalue weighted by Gasteiger charge is -2.19. The van der Waals surface area contributed by atoms with Crippen molar-refractivity contribution in [2.45, 2.75) is 54.9 Å². The van der Waals surface area contributed by atoms with Crippen molar-refractivity contribution in [1.82, 2.24) is 0 Å². The molecule has 0 spiro atoms. The second-order valence-electron chi connectivity index (χ2n) is 6.17. The fourth-order valence-corrected chi connectivity index (χ4v) is 1.49. The minimum absolute atomic E-state index is 0.0869. The maximum Gasteiger partial charge on any atom is 0.189 e. The Hall–Kier alpha value is -1.22. The number of rotatable bonds is 13. The third kappa shape index (κ3) is 14.8. The van der Waals surface area contributed by atoms with Crippen LogP contribution >= 0.6 is 0 Å². The first-order valence-electron chi connectivity index (χ1n) is 8.95. The van der Waals surface area contributed by atoms with E-state index in [1.54, 1.807) is 0 Å². The first-order valence-corrected chi connectivity index (χ1v) is 8.95. The first kappa shape index (κ1) is 35.4. The van der Waals surface area contributed by atoms with Gasteiger partial charge in [0.15, 0.2) is 12.1 Å². The maximum absolute atomic E-state index is 10.5. The molecule has 0 aliphatic rings. The van der Waals surface area contributed by atoms with E-state index in [0.717, 1.165) is 0 Å². The molecule has 0 saturated heterocycles. The van der Waals surface area contributed by atoms with Crippen molar-refractivity contribution in [1.29, 1.82) is 0 Å². The maximum atomic E-state index is 10.5. The van der Waals surface area contributed by atoms with Gasteiger partial charge in [0.1, 0.15) is 61.5 Å². The van der Waals surface area contributed by atoms with Crippen molar-refractivity contribution in [2.24, 2.45) is 0 Å². The van der Waals surface area contributed by atoms with E-state index in [9.17, 15) is 9.59 Å². The zero-order valence-electron chi connectivity index (χ0n) is 16.9. The summed E-state index contributed by atoms with van der Waals surface area (Å²) in [6.07, 6.45) is -14.1. The molecule has 0 rings (SSSR count). The van der Waals surface area contributed by atoms with Gasteiger partial charge in [-0.15, -0.1) is 0 Å². The second kappa shape index (κ2) is 20.4. The summed E-state index contributed by atoms with van der Waals surface area (Å²) in [5.74, 6) is -1.00. The van der Waals surface area contributed by atoms with E-state index in [1.807, 2.05) is 0 Å². The Bertz CT molecular complexity index is 455. The molecule has 0 aromatic carbocycles. The molecule has 0 aliphatic carbocycles. The summed E-state index contributed by atoms with van der Waals surface area (Å²) in [5.41, 5.74) is 0. The molecule has 0 fully saturated rings. The summed E-state index contributed by atoms with van der Waals surface area (Å²) in [6.45, 7) is -3.66. The largest absolute Gasteiger partial charge is 0.394 e. The number of aldehydes is 1. The van der Waals surface area contributed by atoms with Gasteiger partial charge in [-0.1, -0.05) is 0 Å². The molecule has 0 aliphatic heterocycles. The molecule has 0 saturated carbocycles. The number of hydrogen-bond donors (Lipinski definition) is 14. The molecule has 14 N–H and O–H groups in total. The Morgan fingerprint density at radius 1 is 0.562 bits per heavy atom. The summed E-state index contributed by atoms with van der Waals surface area (Å²) >= 11 is 0. The molecule has 0 aromatic heterocycles. The van der Waals surface area contributed by atoms with Gasteiger partial charge in [0.2, 0.25) is 0 Å². The van der Waals surface area contributed by atoms with E-state index in [4.69, 9.17) is 71.5 Å². The van der Waals surface area contributed by atoms with Crippen LogP contribution in [-0.2, 0) is 9.59 Å². The number of carbonyl (C=O) groups excluding carboxylic acids is 2. The van der Waals surface area contributed by atoms with Crippen molar-refractivity contribution in [3.8, 4) is 0 Å². The minimum Gasteiger partial charge on any atom is -0.394 e. The van der Waals surface area contributed by atoms with Crippen LogP contribution in [0.2, 0.25) is 0 Å². The highest BCUT2D eigenvalue weighted by Crippen LogP contribution is 2.01. The highest BCUT2D eigenvalue weighted by molar-refractivity contribution is 5.84. The van der Waals surface area contributed by atoms with E-state index < -0.39 is 93.8 Å². The monoisotopic (exact) mass is 482 g/mol. The van der Waals surface area contributed by atoms with Crippen molar-refractivity contribution in [3.63, 3.8) is 0 Å². The van der Waals surface area contributed by atoms with Gasteiger partial charge in [-0.3, -0.25) is 4.79 Å². The van der Waals surface area contributed by atoms with Crippen LogP contribution in [0.1, 0.15) is 0 Å². The van der Waals surface area contributed by atoms with E-state index in [0.29, 0.717) is 0 Å². The van der Waals surface area contributed by atoms with E-state index >= 15 is 0 Å². The third-order valence-corrected chi connectivity index (χ3v) is 3.62. The van der Waals surface area contributed by atoms with Crippen molar-refractivity contribution >= 4 is 12.1 Å². The fourth-order valence-electron chi connectivity index (χ4n) is 1.49. The van der Waals surface area contributed by atoms with Gasteiger partial charge in [-0.25, -0.2) is 0 Å². The number of aliphatic hydroxyl groups is 14. The SMILES string of the molecule is O=C(CO)[C@@H](O)[C@H](O)[C@H](O)CO.O=C[C@H](O)[C@@H](O)[C@@H](O)CO.OC[C@@H](O)C(O)[C@@H](O)CO. The van der Waals surface area contributed by atoms with Crippen LogP contribution in [-0.4, -0.2) is 172 Å². The van der Waals surface area contributed by atoms with Gasteiger partial charge >= 0.3 is 0 Å². The van der Waals surface area contributed by atoms with Crippen LogP contribution < -0.4 is 0 Å². The summed E-state index contributed by atoms with van der Waals surface area (Å²) < 4.78 is 0. The van der Waals surface area contributed by atoms with E-state index in [2.05, 4.69) is 0 Å². The predicted molar refractivity (Wildman–Crippen MR) is 101 cm³/mol. The highest BCUT2D eigenvalue weighted by atomic mass is 16.4. The number of hydrogen-bond acceptors (Lipinski definition) is 16. The van der Waals surface area contributed by atoms with Crippen LogP contribution in [0.15, 0.2) is 0 Å². The van der Waals surface area contributed by atoms with Crippen LogP contribution in [0.4, 0.5) is 0 Å². The summed E-state index contributed by atoms with van der Waals surface area (Å²) in [7, 11) is 0. The summed E-state index contributed by atoms with van der Waals surface area (Å²) in [4.78, 5) is 20.3. The molecule has 0 amide bonds. The number of carbonyl (C=O) groups is 2. The zero-order valence-corrected chi connectivity index (χ0v) is 16.9.